The highest BCUT2D eigenvalue weighted by molar-refractivity contribution is 5.93. The number of alkyl halides is 3. The Morgan fingerprint density at radius 1 is 1.07 bits per heavy atom. The van der Waals surface area contributed by atoms with Gasteiger partial charge in [0.05, 0.1) is 22.2 Å². The van der Waals surface area contributed by atoms with Gasteiger partial charge < -0.3 is 10.1 Å². The Balaban J connectivity index is 1.77. The van der Waals surface area contributed by atoms with E-state index in [1.165, 1.54) is 18.2 Å². The first-order valence-electron chi connectivity index (χ1n) is 8.23. The van der Waals surface area contributed by atoms with Crippen molar-refractivity contribution in [1.82, 2.24) is 9.97 Å². The first-order valence-corrected chi connectivity index (χ1v) is 8.23. The molecule has 0 radical (unpaired) electrons. The van der Waals surface area contributed by atoms with Gasteiger partial charge in [0, 0.05) is 6.42 Å². The van der Waals surface area contributed by atoms with Gasteiger partial charge in [-0.05, 0) is 24.3 Å². The largest absolute Gasteiger partial charge is 0.467 e. The minimum atomic E-state index is -4.57. The van der Waals surface area contributed by atoms with Gasteiger partial charge in [-0.15, -0.1) is 0 Å². The van der Waals surface area contributed by atoms with Gasteiger partial charge in [0.25, 0.3) is 5.91 Å². The molecule has 3 aromatic rings. The van der Waals surface area contributed by atoms with E-state index in [9.17, 15) is 18.0 Å². The number of benzene rings is 2. The molecule has 2 aromatic carbocycles. The van der Waals surface area contributed by atoms with Crippen LogP contribution in [0, 0.1) is 0 Å². The van der Waals surface area contributed by atoms with Crippen LogP contribution >= 0.6 is 0 Å². The summed E-state index contributed by atoms with van der Waals surface area (Å²) < 4.78 is 44.5. The number of nitrogens with zero attached hydrogens (tertiary/aromatic N) is 2. The number of carbonyl (C=O) groups excluding carboxylic acids is 1. The molecule has 1 heterocycles. The van der Waals surface area contributed by atoms with Crippen LogP contribution < -0.4 is 10.1 Å². The summed E-state index contributed by atoms with van der Waals surface area (Å²) in [6.45, 7) is 1.41. The van der Waals surface area contributed by atoms with Crippen LogP contribution in [0.25, 0.3) is 10.9 Å². The third kappa shape index (κ3) is 4.33. The van der Waals surface area contributed by atoms with Crippen LogP contribution in [0.5, 0.6) is 5.88 Å². The molecule has 140 valence electrons. The summed E-state index contributed by atoms with van der Waals surface area (Å²) in [4.78, 5) is 20.7. The molecule has 5 nitrogen and oxygen atoms in total. The second-order valence-corrected chi connectivity index (χ2v) is 5.70. The number of hydrogen-bond donors (Lipinski definition) is 1. The number of amides is 1. The number of fused-ring (bicyclic) bond motifs is 1. The molecule has 1 aromatic heterocycles. The molecular weight excluding hydrogens is 359 g/mol. The maximum absolute atomic E-state index is 13.0. The quantitative estimate of drug-likeness (QED) is 0.725. The number of ether oxygens (including phenoxy) is 1. The summed E-state index contributed by atoms with van der Waals surface area (Å²) in [5.41, 5.74) is -0.568. The average molecular weight is 375 g/mol. The minimum Gasteiger partial charge on any atom is -0.467 e. The number of para-hydroxylation sites is 2. The molecule has 0 saturated heterocycles. The highest BCUT2D eigenvalue weighted by Gasteiger charge is 2.33. The standard InChI is InChI=1S/C19H16F3N3O2/c1-2-16-23-14-9-5-3-7-12(14)18(25-16)27-11-17(26)24-15-10-6-4-8-13(15)19(20,21)22/h3-10H,2,11H2,1H3,(H,24,26). The van der Waals surface area contributed by atoms with Crippen LogP contribution in [0.3, 0.4) is 0 Å². The molecule has 0 aliphatic heterocycles. The molecule has 1 amide bonds. The van der Waals surface area contributed by atoms with E-state index < -0.39 is 24.3 Å². The van der Waals surface area contributed by atoms with E-state index in [1.54, 1.807) is 18.2 Å². The molecule has 0 saturated carbocycles. The topological polar surface area (TPSA) is 64.1 Å². The molecule has 1 N–H and O–H groups in total. The van der Waals surface area contributed by atoms with Gasteiger partial charge in [0.2, 0.25) is 5.88 Å². The summed E-state index contributed by atoms with van der Waals surface area (Å²) in [7, 11) is 0. The lowest BCUT2D eigenvalue weighted by molar-refractivity contribution is -0.137. The highest BCUT2D eigenvalue weighted by atomic mass is 19.4. The summed E-state index contributed by atoms with van der Waals surface area (Å²) >= 11 is 0. The maximum atomic E-state index is 13.0. The second kappa shape index (κ2) is 7.61. The number of aryl methyl sites for hydroxylation is 1. The lowest BCUT2D eigenvalue weighted by Gasteiger charge is -2.14. The first kappa shape index (κ1) is 18.6. The number of rotatable bonds is 5. The predicted molar refractivity (Wildman–Crippen MR) is 94.5 cm³/mol. The van der Waals surface area contributed by atoms with Gasteiger partial charge >= 0.3 is 6.18 Å². The van der Waals surface area contributed by atoms with Gasteiger partial charge in [-0.25, -0.2) is 4.98 Å². The van der Waals surface area contributed by atoms with E-state index in [-0.39, 0.29) is 11.6 Å². The fraction of sp³-hybridized carbons (Fsp3) is 0.211. The fourth-order valence-electron chi connectivity index (χ4n) is 2.52. The van der Waals surface area contributed by atoms with Crippen LogP contribution in [0.2, 0.25) is 0 Å². The zero-order valence-corrected chi connectivity index (χ0v) is 14.4. The van der Waals surface area contributed by atoms with Crippen LogP contribution in [0.4, 0.5) is 18.9 Å². The van der Waals surface area contributed by atoms with E-state index in [0.717, 1.165) is 6.07 Å². The van der Waals surface area contributed by atoms with E-state index in [4.69, 9.17) is 4.74 Å². The monoisotopic (exact) mass is 375 g/mol. The van der Waals surface area contributed by atoms with E-state index in [1.807, 2.05) is 13.0 Å². The molecule has 8 heteroatoms. The SMILES string of the molecule is CCc1nc(OCC(=O)Nc2ccccc2C(F)(F)F)c2ccccc2n1. The number of nitrogens with one attached hydrogen (secondary N) is 1. The first-order chi connectivity index (χ1) is 12.9. The van der Waals surface area contributed by atoms with Crippen molar-refractivity contribution in [2.45, 2.75) is 19.5 Å². The molecule has 0 spiro atoms. The lowest BCUT2D eigenvalue weighted by Crippen LogP contribution is -2.22. The van der Waals surface area contributed by atoms with Crippen molar-refractivity contribution in [1.29, 1.82) is 0 Å². The Bertz CT molecular complexity index is 974. The number of aromatic nitrogens is 2. The number of halogens is 3. The average Bonchev–Trinajstić information content (AvgIpc) is 2.65. The fourth-order valence-corrected chi connectivity index (χ4v) is 2.52. The van der Waals surface area contributed by atoms with E-state index in [2.05, 4.69) is 15.3 Å². The number of carbonyl (C=O) groups is 1. The Hall–Kier alpha value is -3.16. The van der Waals surface area contributed by atoms with Gasteiger partial charge in [0.1, 0.15) is 5.82 Å². The molecule has 0 fully saturated rings. The minimum absolute atomic E-state index is 0.219. The lowest BCUT2D eigenvalue weighted by atomic mass is 10.1. The Morgan fingerprint density at radius 3 is 2.52 bits per heavy atom. The van der Waals surface area contributed by atoms with Gasteiger partial charge in [-0.1, -0.05) is 31.2 Å². The van der Waals surface area contributed by atoms with Crippen molar-refractivity contribution in [2.75, 3.05) is 11.9 Å². The van der Waals surface area contributed by atoms with Gasteiger partial charge in [-0.2, -0.15) is 18.2 Å². The molecular formula is C19H16F3N3O2. The van der Waals surface area contributed by atoms with Crippen molar-refractivity contribution in [3.05, 3.63) is 59.9 Å². The molecule has 0 unspecified atom stereocenters. The molecule has 0 aliphatic rings. The van der Waals surface area contributed by atoms with E-state index >= 15 is 0 Å². The molecule has 0 aliphatic carbocycles. The van der Waals surface area contributed by atoms with Crippen molar-refractivity contribution in [2.24, 2.45) is 0 Å². The zero-order valence-electron chi connectivity index (χ0n) is 14.4. The molecule has 0 bridgehead atoms. The Labute approximate surface area is 153 Å². The van der Waals surface area contributed by atoms with Crippen LogP contribution in [0.15, 0.2) is 48.5 Å². The summed E-state index contributed by atoms with van der Waals surface area (Å²) in [5.74, 6) is 0.0515. The van der Waals surface area contributed by atoms with Crippen LogP contribution in [-0.4, -0.2) is 22.5 Å². The van der Waals surface area contributed by atoms with Crippen molar-refractivity contribution < 1.29 is 22.7 Å². The third-order valence-corrected chi connectivity index (χ3v) is 3.78. The maximum Gasteiger partial charge on any atom is 0.418 e. The summed E-state index contributed by atoms with van der Waals surface area (Å²) in [6, 6.07) is 11.9. The van der Waals surface area contributed by atoms with Crippen LogP contribution in [0.1, 0.15) is 18.3 Å². The number of anilines is 1. The van der Waals surface area contributed by atoms with Crippen molar-refractivity contribution in [3.63, 3.8) is 0 Å². The normalized spacial score (nSPS) is 11.4. The number of hydrogen-bond acceptors (Lipinski definition) is 4. The van der Waals surface area contributed by atoms with Crippen LogP contribution in [-0.2, 0) is 17.4 Å². The van der Waals surface area contributed by atoms with Crippen molar-refractivity contribution in [3.8, 4) is 5.88 Å². The molecule has 3 rings (SSSR count). The Kier molecular flexibility index (Phi) is 5.25. The van der Waals surface area contributed by atoms with E-state index in [0.29, 0.717) is 23.1 Å². The summed E-state index contributed by atoms with van der Waals surface area (Å²) in [5, 5.41) is 2.86. The third-order valence-electron chi connectivity index (χ3n) is 3.78. The van der Waals surface area contributed by atoms with Gasteiger partial charge in [0.15, 0.2) is 6.61 Å². The smallest absolute Gasteiger partial charge is 0.418 e. The second-order valence-electron chi connectivity index (χ2n) is 5.70. The van der Waals surface area contributed by atoms with Gasteiger partial charge in [-0.3, -0.25) is 4.79 Å². The Morgan fingerprint density at radius 2 is 1.78 bits per heavy atom. The molecule has 27 heavy (non-hydrogen) atoms. The zero-order chi connectivity index (χ0) is 19.4. The summed E-state index contributed by atoms with van der Waals surface area (Å²) in [6.07, 6.45) is -3.99. The predicted octanol–water partition coefficient (Wildman–Crippen LogP) is 4.23. The van der Waals surface area contributed by atoms with Crippen molar-refractivity contribution >= 4 is 22.5 Å². The highest BCUT2D eigenvalue weighted by Crippen LogP contribution is 2.34. The molecule has 0 atom stereocenters.